The summed E-state index contributed by atoms with van der Waals surface area (Å²) in [7, 11) is 0. The zero-order valence-electron chi connectivity index (χ0n) is 14.3. The molecule has 6 heteroatoms. The molecule has 2 aliphatic heterocycles. The lowest BCUT2D eigenvalue weighted by molar-refractivity contribution is 0.122. The predicted molar refractivity (Wildman–Crippen MR) is 102 cm³/mol. The van der Waals surface area contributed by atoms with Crippen molar-refractivity contribution < 1.29 is 9.84 Å². The molecular weight excluding hydrogens is 328 g/mol. The number of aromatic nitrogens is 1. The van der Waals surface area contributed by atoms with Crippen molar-refractivity contribution in [2.24, 2.45) is 5.10 Å². The van der Waals surface area contributed by atoms with Gasteiger partial charge in [0.25, 0.3) is 0 Å². The van der Waals surface area contributed by atoms with Crippen molar-refractivity contribution in [2.45, 2.75) is 12.0 Å². The summed E-state index contributed by atoms with van der Waals surface area (Å²) in [5.74, 6) is 0.463. The highest BCUT2D eigenvalue weighted by atomic mass is 16.5. The van der Waals surface area contributed by atoms with E-state index in [2.05, 4.69) is 33.6 Å². The summed E-state index contributed by atoms with van der Waals surface area (Å²) in [4.78, 5) is 7.30. The lowest BCUT2D eigenvalue weighted by Crippen LogP contribution is -2.38. The number of fused-ring (bicyclic) bond motifs is 3. The molecule has 2 N–H and O–H groups in total. The van der Waals surface area contributed by atoms with Crippen LogP contribution >= 0.6 is 0 Å². The SMILES string of the molecule is Oc1ccc(-c2cc(N3CCOCC3)c3c(n2)C=CC2NN=CC32)cc1. The highest BCUT2D eigenvalue weighted by molar-refractivity contribution is 5.83. The van der Waals surface area contributed by atoms with Gasteiger partial charge in [0, 0.05) is 36.1 Å². The molecule has 1 saturated heterocycles. The van der Waals surface area contributed by atoms with E-state index >= 15 is 0 Å². The number of nitrogens with one attached hydrogen (secondary N) is 1. The summed E-state index contributed by atoms with van der Waals surface area (Å²) in [6.07, 6.45) is 6.21. The molecular formula is C20H20N4O2. The first-order chi connectivity index (χ1) is 12.8. The summed E-state index contributed by atoms with van der Waals surface area (Å²) in [6.45, 7) is 3.22. The number of anilines is 1. The van der Waals surface area contributed by atoms with Crippen molar-refractivity contribution in [1.82, 2.24) is 10.4 Å². The van der Waals surface area contributed by atoms with E-state index in [9.17, 15) is 5.11 Å². The van der Waals surface area contributed by atoms with Gasteiger partial charge in [0.2, 0.25) is 0 Å². The number of hydrazone groups is 1. The van der Waals surface area contributed by atoms with Crippen LogP contribution in [0.5, 0.6) is 5.75 Å². The van der Waals surface area contributed by atoms with Crippen molar-refractivity contribution in [3.05, 3.63) is 47.7 Å². The summed E-state index contributed by atoms with van der Waals surface area (Å²) in [6, 6.07) is 9.57. The molecule has 0 spiro atoms. The maximum Gasteiger partial charge on any atom is 0.115 e. The van der Waals surface area contributed by atoms with Crippen molar-refractivity contribution >= 4 is 18.0 Å². The molecule has 26 heavy (non-hydrogen) atoms. The van der Waals surface area contributed by atoms with Gasteiger partial charge in [-0.05, 0) is 36.4 Å². The molecule has 3 heterocycles. The van der Waals surface area contributed by atoms with Crippen LogP contribution in [0.2, 0.25) is 0 Å². The first-order valence-electron chi connectivity index (χ1n) is 8.93. The number of ether oxygens (including phenoxy) is 1. The smallest absolute Gasteiger partial charge is 0.115 e. The maximum atomic E-state index is 9.58. The second kappa shape index (κ2) is 6.14. The van der Waals surface area contributed by atoms with E-state index in [0.29, 0.717) is 0 Å². The van der Waals surface area contributed by atoms with Crippen molar-refractivity contribution in [3.63, 3.8) is 0 Å². The van der Waals surface area contributed by atoms with Crippen LogP contribution in [-0.2, 0) is 4.74 Å². The fraction of sp³-hybridized carbons (Fsp3) is 0.300. The Morgan fingerprint density at radius 3 is 2.77 bits per heavy atom. The highest BCUT2D eigenvalue weighted by Gasteiger charge is 2.33. The molecule has 1 fully saturated rings. The van der Waals surface area contributed by atoms with Gasteiger partial charge in [-0.15, -0.1) is 0 Å². The van der Waals surface area contributed by atoms with Gasteiger partial charge in [-0.25, -0.2) is 4.98 Å². The van der Waals surface area contributed by atoms with Gasteiger partial charge in [0.1, 0.15) is 5.75 Å². The number of pyridine rings is 1. The second-order valence-corrected chi connectivity index (χ2v) is 6.79. The van der Waals surface area contributed by atoms with E-state index in [1.165, 1.54) is 11.3 Å². The summed E-state index contributed by atoms with van der Waals surface area (Å²) < 4.78 is 5.54. The molecule has 2 aromatic rings. The summed E-state index contributed by atoms with van der Waals surface area (Å²) in [5.41, 5.74) is 8.50. The van der Waals surface area contributed by atoms with Crippen molar-refractivity contribution in [1.29, 1.82) is 0 Å². The third kappa shape index (κ3) is 2.54. The van der Waals surface area contributed by atoms with Gasteiger partial charge < -0.3 is 20.2 Å². The number of phenolic OH excluding ortho intramolecular Hbond substituents is 1. The Kier molecular flexibility index (Phi) is 3.64. The molecule has 0 radical (unpaired) electrons. The fourth-order valence-electron chi connectivity index (χ4n) is 3.87. The molecule has 1 aromatic heterocycles. The Balaban J connectivity index is 1.67. The Morgan fingerprint density at radius 2 is 1.96 bits per heavy atom. The largest absolute Gasteiger partial charge is 0.508 e. The lowest BCUT2D eigenvalue weighted by Gasteiger charge is -2.34. The van der Waals surface area contributed by atoms with Gasteiger partial charge in [-0.3, -0.25) is 0 Å². The number of hydrogen-bond acceptors (Lipinski definition) is 6. The fourth-order valence-corrected chi connectivity index (χ4v) is 3.87. The lowest BCUT2D eigenvalue weighted by atomic mass is 9.85. The van der Waals surface area contributed by atoms with Gasteiger partial charge >= 0.3 is 0 Å². The van der Waals surface area contributed by atoms with Crippen LogP contribution < -0.4 is 10.3 Å². The monoisotopic (exact) mass is 348 g/mol. The van der Waals surface area contributed by atoms with Gasteiger partial charge in [-0.1, -0.05) is 6.08 Å². The van der Waals surface area contributed by atoms with Crippen LogP contribution in [-0.4, -0.2) is 48.7 Å². The average Bonchev–Trinajstić information content (AvgIpc) is 3.17. The predicted octanol–water partition coefficient (Wildman–Crippen LogP) is 2.36. The van der Waals surface area contributed by atoms with Crippen molar-refractivity contribution in [2.75, 3.05) is 31.2 Å². The Hall–Kier alpha value is -2.86. The number of morpholine rings is 1. The van der Waals surface area contributed by atoms with E-state index in [0.717, 1.165) is 43.3 Å². The number of nitrogens with zero attached hydrogens (tertiary/aromatic N) is 3. The molecule has 1 aromatic carbocycles. The van der Waals surface area contributed by atoms with Crippen LogP contribution in [0, 0.1) is 0 Å². The Labute approximate surface area is 151 Å². The number of benzene rings is 1. The van der Waals surface area contributed by atoms with Gasteiger partial charge in [0.05, 0.1) is 36.6 Å². The Morgan fingerprint density at radius 1 is 1.15 bits per heavy atom. The quantitative estimate of drug-likeness (QED) is 0.872. The maximum absolute atomic E-state index is 9.58. The minimum Gasteiger partial charge on any atom is -0.508 e. The van der Waals surface area contributed by atoms with E-state index in [4.69, 9.17) is 9.72 Å². The molecule has 0 amide bonds. The van der Waals surface area contributed by atoms with Crippen LogP contribution in [0.3, 0.4) is 0 Å². The first-order valence-corrected chi connectivity index (χ1v) is 8.93. The molecule has 6 nitrogen and oxygen atoms in total. The van der Waals surface area contributed by atoms with Crippen LogP contribution in [0.25, 0.3) is 17.3 Å². The second-order valence-electron chi connectivity index (χ2n) is 6.79. The average molecular weight is 348 g/mol. The zero-order chi connectivity index (χ0) is 17.5. The normalized spacial score (nSPS) is 23.5. The molecule has 1 aliphatic carbocycles. The van der Waals surface area contributed by atoms with Crippen molar-refractivity contribution in [3.8, 4) is 17.0 Å². The summed E-state index contributed by atoms with van der Waals surface area (Å²) in [5, 5.41) is 13.9. The number of phenols is 1. The number of hydrogen-bond donors (Lipinski definition) is 2. The minimum atomic E-state index is 0.198. The molecule has 132 valence electrons. The van der Waals surface area contributed by atoms with Crippen LogP contribution in [0.4, 0.5) is 5.69 Å². The molecule has 2 atom stereocenters. The minimum absolute atomic E-state index is 0.198. The molecule has 2 unspecified atom stereocenters. The zero-order valence-corrected chi connectivity index (χ0v) is 14.3. The standard InChI is InChI=1S/C20H20N4O2/c25-14-3-1-13(2-4-14)18-11-19(24-7-9-26-10-8-24)20-15-12-21-23-16(15)5-6-17(20)22-18/h1-6,11-12,15-16,23,25H,7-10H2. The third-order valence-electron chi connectivity index (χ3n) is 5.22. The van der Waals surface area contributed by atoms with E-state index in [-0.39, 0.29) is 17.7 Å². The highest BCUT2D eigenvalue weighted by Crippen LogP contribution is 2.39. The number of rotatable bonds is 2. The molecule has 3 aliphatic rings. The van der Waals surface area contributed by atoms with E-state index in [1.807, 2.05) is 18.3 Å². The Bertz CT molecular complexity index is 885. The molecule has 0 saturated carbocycles. The van der Waals surface area contributed by atoms with Crippen LogP contribution in [0.15, 0.2) is 41.5 Å². The first kappa shape index (κ1) is 15.4. The van der Waals surface area contributed by atoms with Gasteiger partial charge in [-0.2, -0.15) is 5.10 Å². The van der Waals surface area contributed by atoms with Crippen LogP contribution in [0.1, 0.15) is 17.2 Å². The van der Waals surface area contributed by atoms with Gasteiger partial charge in [0.15, 0.2) is 0 Å². The van der Waals surface area contributed by atoms with E-state index < -0.39 is 0 Å². The van der Waals surface area contributed by atoms with E-state index in [1.54, 1.807) is 12.1 Å². The third-order valence-corrected chi connectivity index (χ3v) is 5.22. The number of aromatic hydroxyl groups is 1. The topological polar surface area (TPSA) is 70.0 Å². The molecule has 5 rings (SSSR count). The molecule has 0 bridgehead atoms. The summed E-state index contributed by atoms with van der Waals surface area (Å²) >= 11 is 0.